The molecule has 2 saturated carbocycles. The molecule has 2 aliphatic carbocycles. The summed E-state index contributed by atoms with van der Waals surface area (Å²) in [4.78, 5) is 0. The first-order valence-corrected chi connectivity index (χ1v) is 6.09. The highest BCUT2D eigenvalue weighted by Crippen LogP contribution is 2.41. The second-order valence-electron chi connectivity index (χ2n) is 4.87. The first-order chi connectivity index (χ1) is 7.86. The lowest BCUT2D eigenvalue weighted by atomic mass is 10.0. The molecule has 1 atom stereocenters. The van der Waals surface area contributed by atoms with E-state index >= 15 is 0 Å². The molecule has 2 fully saturated rings. The average molecular weight is 218 g/mol. The number of rotatable bonds is 5. The van der Waals surface area contributed by atoms with Crippen molar-refractivity contribution in [3.63, 3.8) is 0 Å². The first-order valence-electron chi connectivity index (χ1n) is 6.09. The van der Waals surface area contributed by atoms with E-state index in [-0.39, 0.29) is 0 Å². The van der Waals surface area contributed by atoms with Crippen molar-refractivity contribution >= 4 is 0 Å². The molecular formula is C13H18N2O. The summed E-state index contributed by atoms with van der Waals surface area (Å²) in [5.74, 6) is 7.31. The van der Waals surface area contributed by atoms with Gasteiger partial charge < -0.3 is 4.74 Å². The normalized spacial score (nSPS) is 21.8. The molecule has 2 aliphatic rings. The Balaban J connectivity index is 1.76. The van der Waals surface area contributed by atoms with E-state index in [1.807, 2.05) is 6.07 Å². The van der Waals surface area contributed by atoms with Crippen LogP contribution in [-0.4, -0.2) is 6.10 Å². The summed E-state index contributed by atoms with van der Waals surface area (Å²) in [6.45, 7) is 0. The Bertz CT molecular complexity index is 372. The van der Waals surface area contributed by atoms with Gasteiger partial charge in [-0.05, 0) is 49.3 Å². The summed E-state index contributed by atoms with van der Waals surface area (Å²) >= 11 is 0. The zero-order chi connectivity index (χ0) is 11.0. The molecule has 3 heteroatoms. The van der Waals surface area contributed by atoms with Crippen molar-refractivity contribution in [3.8, 4) is 5.75 Å². The van der Waals surface area contributed by atoms with Gasteiger partial charge in [0, 0.05) is 6.04 Å². The van der Waals surface area contributed by atoms with Gasteiger partial charge in [-0.15, -0.1) is 0 Å². The zero-order valence-electron chi connectivity index (χ0n) is 9.36. The smallest absolute Gasteiger partial charge is 0.120 e. The molecule has 0 aromatic heterocycles. The van der Waals surface area contributed by atoms with E-state index in [0.29, 0.717) is 18.1 Å². The summed E-state index contributed by atoms with van der Waals surface area (Å²) in [7, 11) is 0. The van der Waals surface area contributed by atoms with Crippen molar-refractivity contribution in [2.75, 3.05) is 0 Å². The van der Waals surface area contributed by atoms with Crippen LogP contribution in [0.15, 0.2) is 24.3 Å². The Morgan fingerprint density at radius 1 is 1.25 bits per heavy atom. The third kappa shape index (κ3) is 2.20. The molecular weight excluding hydrogens is 200 g/mol. The molecule has 0 bridgehead atoms. The number of hydrogen-bond donors (Lipinski definition) is 2. The van der Waals surface area contributed by atoms with Gasteiger partial charge in [0.15, 0.2) is 0 Å². The van der Waals surface area contributed by atoms with E-state index in [9.17, 15) is 0 Å². The molecule has 3 N–H and O–H groups in total. The minimum absolute atomic E-state index is 0.294. The van der Waals surface area contributed by atoms with E-state index in [1.54, 1.807) is 0 Å². The van der Waals surface area contributed by atoms with Crippen LogP contribution in [0, 0.1) is 5.92 Å². The molecule has 0 heterocycles. The Morgan fingerprint density at radius 2 is 2.06 bits per heavy atom. The molecule has 16 heavy (non-hydrogen) atoms. The number of ether oxygens (including phenoxy) is 1. The van der Waals surface area contributed by atoms with Gasteiger partial charge in [-0.2, -0.15) is 0 Å². The maximum Gasteiger partial charge on any atom is 0.120 e. The monoisotopic (exact) mass is 218 g/mol. The van der Waals surface area contributed by atoms with E-state index in [0.717, 1.165) is 5.75 Å². The van der Waals surface area contributed by atoms with Crippen LogP contribution < -0.4 is 16.0 Å². The fraction of sp³-hybridized carbons (Fsp3) is 0.538. The van der Waals surface area contributed by atoms with Crippen LogP contribution in [0.4, 0.5) is 0 Å². The summed E-state index contributed by atoms with van der Waals surface area (Å²) < 4.78 is 5.79. The van der Waals surface area contributed by atoms with Gasteiger partial charge in [-0.3, -0.25) is 11.3 Å². The Morgan fingerprint density at radius 3 is 2.69 bits per heavy atom. The fourth-order valence-corrected chi connectivity index (χ4v) is 2.09. The van der Waals surface area contributed by atoms with Crippen LogP contribution in [0.25, 0.3) is 0 Å². The van der Waals surface area contributed by atoms with Crippen LogP contribution >= 0.6 is 0 Å². The molecule has 0 amide bonds. The molecule has 1 unspecified atom stereocenters. The van der Waals surface area contributed by atoms with Crippen LogP contribution in [-0.2, 0) is 0 Å². The number of nitrogens with two attached hydrogens (primary N) is 1. The predicted octanol–water partition coefficient (Wildman–Crippen LogP) is 2.14. The molecule has 0 spiro atoms. The Labute approximate surface area is 95.9 Å². The van der Waals surface area contributed by atoms with Gasteiger partial charge in [0.05, 0.1) is 6.10 Å². The van der Waals surface area contributed by atoms with Crippen molar-refractivity contribution in [2.45, 2.75) is 37.8 Å². The van der Waals surface area contributed by atoms with Crippen LogP contribution in [0.1, 0.15) is 37.3 Å². The largest absolute Gasteiger partial charge is 0.490 e. The van der Waals surface area contributed by atoms with Gasteiger partial charge in [0.2, 0.25) is 0 Å². The molecule has 0 aliphatic heterocycles. The second-order valence-corrected chi connectivity index (χ2v) is 4.87. The lowest BCUT2D eigenvalue weighted by molar-refractivity contribution is 0.302. The first kappa shape index (κ1) is 10.1. The fourth-order valence-electron chi connectivity index (χ4n) is 2.09. The molecule has 86 valence electrons. The van der Waals surface area contributed by atoms with Gasteiger partial charge in [-0.1, -0.05) is 12.1 Å². The molecule has 0 saturated heterocycles. The molecule has 1 aromatic rings. The SMILES string of the molecule is NNC(c1cccc(OC2CC2)c1)C1CC1. The standard InChI is InChI=1S/C13H18N2O/c14-15-13(9-4-5-9)10-2-1-3-12(8-10)16-11-6-7-11/h1-3,8-9,11,13,15H,4-7,14H2. The second kappa shape index (κ2) is 4.07. The highest BCUT2D eigenvalue weighted by Gasteiger charge is 2.32. The average Bonchev–Trinajstić information content (AvgIpc) is 3.12. The van der Waals surface area contributed by atoms with Crippen LogP contribution in [0.2, 0.25) is 0 Å². The van der Waals surface area contributed by atoms with Gasteiger partial charge in [-0.25, -0.2) is 0 Å². The number of nitrogens with one attached hydrogen (secondary N) is 1. The van der Waals surface area contributed by atoms with E-state index in [4.69, 9.17) is 10.6 Å². The zero-order valence-corrected chi connectivity index (χ0v) is 9.36. The maximum absolute atomic E-state index is 5.79. The van der Waals surface area contributed by atoms with E-state index in [2.05, 4.69) is 23.6 Å². The third-order valence-electron chi connectivity index (χ3n) is 3.32. The van der Waals surface area contributed by atoms with Crippen LogP contribution in [0.3, 0.4) is 0 Å². The van der Waals surface area contributed by atoms with E-state index in [1.165, 1.54) is 31.2 Å². The molecule has 3 rings (SSSR count). The molecule has 1 aromatic carbocycles. The molecule has 0 radical (unpaired) electrons. The van der Waals surface area contributed by atoms with Crippen molar-refractivity contribution in [3.05, 3.63) is 29.8 Å². The Kier molecular flexibility index (Phi) is 2.58. The topological polar surface area (TPSA) is 47.3 Å². The van der Waals surface area contributed by atoms with Crippen molar-refractivity contribution in [2.24, 2.45) is 11.8 Å². The lowest BCUT2D eigenvalue weighted by Crippen LogP contribution is -2.29. The summed E-state index contributed by atoms with van der Waals surface area (Å²) in [6, 6.07) is 8.63. The highest BCUT2D eigenvalue weighted by atomic mass is 16.5. The van der Waals surface area contributed by atoms with E-state index < -0.39 is 0 Å². The minimum atomic E-state index is 0.294. The Hall–Kier alpha value is -1.06. The summed E-state index contributed by atoms with van der Waals surface area (Å²) in [5.41, 5.74) is 4.17. The number of hydrogen-bond acceptors (Lipinski definition) is 3. The van der Waals surface area contributed by atoms with Gasteiger partial charge >= 0.3 is 0 Å². The minimum Gasteiger partial charge on any atom is -0.490 e. The van der Waals surface area contributed by atoms with Gasteiger partial charge in [0.25, 0.3) is 0 Å². The van der Waals surface area contributed by atoms with Crippen molar-refractivity contribution in [1.29, 1.82) is 0 Å². The highest BCUT2D eigenvalue weighted by molar-refractivity contribution is 5.32. The third-order valence-corrected chi connectivity index (χ3v) is 3.32. The predicted molar refractivity (Wildman–Crippen MR) is 62.9 cm³/mol. The molecule has 3 nitrogen and oxygen atoms in total. The lowest BCUT2D eigenvalue weighted by Gasteiger charge is -2.16. The summed E-state index contributed by atoms with van der Waals surface area (Å²) in [5, 5.41) is 0. The van der Waals surface area contributed by atoms with Gasteiger partial charge in [0.1, 0.15) is 5.75 Å². The van der Waals surface area contributed by atoms with Crippen LogP contribution in [0.5, 0.6) is 5.75 Å². The summed E-state index contributed by atoms with van der Waals surface area (Å²) in [6.07, 6.45) is 5.42. The maximum atomic E-state index is 5.79. The quantitative estimate of drug-likeness (QED) is 0.588. The number of benzene rings is 1. The number of hydrazine groups is 1. The van der Waals surface area contributed by atoms with Crippen molar-refractivity contribution < 1.29 is 4.74 Å². The van der Waals surface area contributed by atoms with Crippen molar-refractivity contribution in [1.82, 2.24) is 5.43 Å².